The highest BCUT2D eigenvalue weighted by molar-refractivity contribution is 6.32. The summed E-state index contributed by atoms with van der Waals surface area (Å²) in [6, 6.07) is 7.76. The monoisotopic (exact) mass is 181 g/mol. The Labute approximate surface area is 77.8 Å². The van der Waals surface area contributed by atoms with E-state index in [4.69, 9.17) is 17.3 Å². The maximum absolute atomic E-state index is 5.97. The first-order chi connectivity index (χ1) is 5.75. The van der Waals surface area contributed by atoms with Crippen LogP contribution in [0.5, 0.6) is 0 Å². The van der Waals surface area contributed by atoms with E-state index in [0.717, 1.165) is 16.2 Å². The van der Waals surface area contributed by atoms with Crippen molar-refractivity contribution in [1.29, 1.82) is 0 Å². The van der Waals surface area contributed by atoms with Gasteiger partial charge < -0.3 is 5.73 Å². The number of halogens is 1. The summed E-state index contributed by atoms with van der Waals surface area (Å²) >= 11 is 5.97. The molecule has 0 aliphatic rings. The maximum atomic E-state index is 5.97. The molecule has 0 saturated heterocycles. The largest absolute Gasteiger partial charge is 0.327 e. The van der Waals surface area contributed by atoms with Crippen molar-refractivity contribution < 1.29 is 0 Å². The van der Waals surface area contributed by atoms with Gasteiger partial charge in [0.2, 0.25) is 0 Å². The van der Waals surface area contributed by atoms with Gasteiger partial charge in [0.25, 0.3) is 0 Å². The van der Waals surface area contributed by atoms with Crippen molar-refractivity contribution in [2.75, 3.05) is 6.54 Å². The Hall–Kier alpha value is -0.790. The summed E-state index contributed by atoms with van der Waals surface area (Å²) in [6.07, 6.45) is 1.96. The molecule has 12 heavy (non-hydrogen) atoms. The van der Waals surface area contributed by atoms with Crippen LogP contribution in [0.4, 0.5) is 0 Å². The van der Waals surface area contributed by atoms with E-state index in [2.05, 4.69) is 0 Å². The van der Waals surface area contributed by atoms with Crippen LogP contribution >= 0.6 is 11.6 Å². The zero-order valence-electron chi connectivity index (χ0n) is 7.05. The predicted molar refractivity (Wildman–Crippen MR) is 54.2 cm³/mol. The fourth-order valence-electron chi connectivity index (χ4n) is 1.07. The van der Waals surface area contributed by atoms with Crippen LogP contribution in [-0.4, -0.2) is 6.54 Å². The van der Waals surface area contributed by atoms with E-state index in [1.807, 2.05) is 37.3 Å². The molecule has 64 valence electrons. The van der Waals surface area contributed by atoms with Crippen LogP contribution < -0.4 is 5.73 Å². The lowest BCUT2D eigenvalue weighted by atomic mass is 10.1. The number of allylic oxidation sites excluding steroid dienone is 1. The van der Waals surface area contributed by atoms with Gasteiger partial charge >= 0.3 is 0 Å². The first-order valence-electron chi connectivity index (χ1n) is 3.87. The van der Waals surface area contributed by atoms with Crippen molar-refractivity contribution in [3.05, 3.63) is 40.9 Å². The van der Waals surface area contributed by atoms with E-state index in [9.17, 15) is 0 Å². The van der Waals surface area contributed by atoms with Gasteiger partial charge in [-0.05, 0) is 24.1 Å². The quantitative estimate of drug-likeness (QED) is 0.746. The molecule has 1 nitrogen and oxygen atoms in total. The molecule has 0 saturated carbocycles. The molecule has 0 heterocycles. The van der Waals surface area contributed by atoms with Gasteiger partial charge in [0.1, 0.15) is 0 Å². The molecule has 0 spiro atoms. The fraction of sp³-hybridized carbons (Fsp3) is 0.200. The number of benzene rings is 1. The van der Waals surface area contributed by atoms with E-state index >= 15 is 0 Å². The SMILES string of the molecule is C/C(=C/CN)c1ccccc1Cl. The van der Waals surface area contributed by atoms with Crippen molar-refractivity contribution in [3.63, 3.8) is 0 Å². The average Bonchev–Trinajstić information content (AvgIpc) is 2.05. The second-order valence-corrected chi connectivity index (χ2v) is 3.01. The van der Waals surface area contributed by atoms with E-state index in [1.165, 1.54) is 0 Å². The highest BCUT2D eigenvalue weighted by atomic mass is 35.5. The van der Waals surface area contributed by atoms with Crippen molar-refractivity contribution in [2.45, 2.75) is 6.92 Å². The molecule has 1 aromatic rings. The van der Waals surface area contributed by atoms with E-state index in [-0.39, 0.29) is 0 Å². The van der Waals surface area contributed by atoms with Gasteiger partial charge in [0, 0.05) is 11.6 Å². The van der Waals surface area contributed by atoms with Crippen LogP contribution in [0.1, 0.15) is 12.5 Å². The number of rotatable bonds is 2. The Morgan fingerprint density at radius 1 is 1.50 bits per heavy atom. The van der Waals surface area contributed by atoms with Crippen LogP contribution in [0.3, 0.4) is 0 Å². The highest BCUT2D eigenvalue weighted by Crippen LogP contribution is 2.22. The second kappa shape index (κ2) is 4.29. The normalized spacial score (nSPS) is 11.8. The molecule has 0 aromatic heterocycles. The van der Waals surface area contributed by atoms with Crippen molar-refractivity contribution in [2.24, 2.45) is 5.73 Å². The molecule has 0 aliphatic carbocycles. The molecule has 1 aromatic carbocycles. The predicted octanol–water partition coefficient (Wildman–Crippen LogP) is 2.70. The second-order valence-electron chi connectivity index (χ2n) is 2.60. The summed E-state index contributed by atoms with van der Waals surface area (Å²) in [6.45, 7) is 2.56. The molecule has 0 aliphatic heterocycles. The number of nitrogens with two attached hydrogens (primary N) is 1. The summed E-state index contributed by atoms with van der Waals surface area (Å²) in [7, 11) is 0. The molecule has 0 radical (unpaired) electrons. The standard InChI is InChI=1S/C10H12ClN/c1-8(6-7-12)9-4-2-3-5-10(9)11/h2-6H,7,12H2,1H3/b8-6-. The third-order valence-corrected chi connectivity index (χ3v) is 2.05. The summed E-state index contributed by atoms with van der Waals surface area (Å²) in [5, 5.41) is 0.778. The molecule has 0 fully saturated rings. The molecule has 0 atom stereocenters. The van der Waals surface area contributed by atoms with Crippen LogP contribution in [0.25, 0.3) is 5.57 Å². The summed E-state index contributed by atoms with van der Waals surface area (Å²) < 4.78 is 0. The Bertz CT molecular complexity index is 292. The minimum Gasteiger partial charge on any atom is -0.327 e. The smallest absolute Gasteiger partial charge is 0.0480 e. The Morgan fingerprint density at radius 2 is 2.17 bits per heavy atom. The minimum absolute atomic E-state index is 0.553. The Kier molecular flexibility index (Phi) is 3.32. The summed E-state index contributed by atoms with van der Waals surface area (Å²) in [5.41, 5.74) is 7.59. The van der Waals surface area contributed by atoms with Gasteiger partial charge in [-0.3, -0.25) is 0 Å². The minimum atomic E-state index is 0.553. The van der Waals surface area contributed by atoms with Crippen molar-refractivity contribution in [1.82, 2.24) is 0 Å². The third kappa shape index (κ3) is 2.10. The molecule has 2 heteroatoms. The molecule has 0 unspecified atom stereocenters. The first-order valence-corrected chi connectivity index (χ1v) is 4.25. The van der Waals surface area contributed by atoms with E-state index in [1.54, 1.807) is 0 Å². The molecule has 2 N–H and O–H groups in total. The summed E-state index contributed by atoms with van der Waals surface area (Å²) in [5.74, 6) is 0. The summed E-state index contributed by atoms with van der Waals surface area (Å²) in [4.78, 5) is 0. The van der Waals surface area contributed by atoms with Gasteiger partial charge in [-0.2, -0.15) is 0 Å². The fourth-order valence-corrected chi connectivity index (χ4v) is 1.35. The first kappa shape index (κ1) is 9.30. The van der Waals surface area contributed by atoms with Crippen LogP contribution in [0, 0.1) is 0 Å². The maximum Gasteiger partial charge on any atom is 0.0480 e. The molecule has 0 amide bonds. The lowest BCUT2D eigenvalue weighted by Gasteiger charge is -2.02. The zero-order chi connectivity index (χ0) is 8.97. The molecule has 0 bridgehead atoms. The number of hydrogen-bond donors (Lipinski definition) is 1. The van der Waals surface area contributed by atoms with Gasteiger partial charge in [0.15, 0.2) is 0 Å². The lowest BCUT2D eigenvalue weighted by Crippen LogP contribution is -1.94. The number of hydrogen-bond acceptors (Lipinski definition) is 1. The van der Waals surface area contributed by atoms with E-state index < -0.39 is 0 Å². The molecule has 1 rings (SSSR count). The van der Waals surface area contributed by atoms with Crippen LogP contribution in [-0.2, 0) is 0 Å². The van der Waals surface area contributed by atoms with Crippen LogP contribution in [0.15, 0.2) is 30.3 Å². The topological polar surface area (TPSA) is 26.0 Å². The van der Waals surface area contributed by atoms with Crippen molar-refractivity contribution in [3.8, 4) is 0 Å². The van der Waals surface area contributed by atoms with Gasteiger partial charge in [0.05, 0.1) is 0 Å². The Balaban J connectivity index is 3.02. The Morgan fingerprint density at radius 3 is 2.75 bits per heavy atom. The van der Waals surface area contributed by atoms with Gasteiger partial charge in [-0.25, -0.2) is 0 Å². The highest BCUT2D eigenvalue weighted by Gasteiger charge is 1.98. The molecular weight excluding hydrogens is 170 g/mol. The van der Waals surface area contributed by atoms with Crippen LogP contribution in [0.2, 0.25) is 5.02 Å². The lowest BCUT2D eigenvalue weighted by molar-refractivity contribution is 1.25. The van der Waals surface area contributed by atoms with Gasteiger partial charge in [-0.1, -0.05) is 35.9 Å². The average molecular weight is 182 g/mol. The molecular formula is C10H12ClN. The van der Waals surface area contributed by atoms with Crippen molar-refractivity contribution >= 4 is 17.2 Å². The third-order valence-electron chi connectivity index (χ3n) is 1.72. The van der Waals surface area contributed by atoms with E-state index in [0.29, 0.717) is 6.54 Å². The van der Waals surface area contributed by atoms with Gasteiger partial charge in [-0.15, -0.1) is 0 Å². The zero-order valence-corrected chi connectivity index (χ0v) is 7.81.